The fraction of sp³-hybridized carbons (Fsp3) is 0.538. The van der Waals surface area contributed by atoms with Crippen molar-refractivity contribution in [2.24, 2.45) is 5.73 Å². The van der Waals surface area contributed by atoms with Gasteiger partial charge >= 0.3 is 0 Å². The molecule has 1 aliphatic carbocycles. The predicted molar refractivity (Wildman–Crippen MR) is 68.9 cm³/mol. The van der Waals surface area contributed by atoms with Gasteiger partial charge in [-0.1, -0.05) is 24.4 Å². The summed E-state index contributed by atoms with van der Waals surface area (Å²) < 4.78 is 10.5. The highest BCUT2D eigenvalue weighted by Gasteiger charge is 2.33. The Morgan fingerprint density at radius 3 is 2.18 bits per heavy atom. The fourth-order valence-corrected chi connectivity index (χ4v) is 2.85. The fourth-order valence-electron chi connectivity index (χ4n) is 2.51. The molecule has 2 N–H and O–H groups in total. The van der Waals surface area contributed by atoms with Crippen LogP contribution in [0.2, 0.25) is 5.02 Å². The van der Waals surface area contributed by atoms with E-state index in [1.54, 1.807) is 20.3 Å². The maximum Gasteiger partial charge on any atom is 0.162 e. The maximum absolute atomic E-state index is 6.42. The molecule has 0 radical (unpaired) electrons. The van der Waals surface area contributed by atoms with Crippen LogP contribution in [-0.4, -0.2) is 14.2 Å². The van der Waals surface area contributed by atoms with Crippen molar-refractivity contribution in [3.05, 3.63) is 22.7 Å². The minimum Gasteiger partial charge on any atom is -0.493 e. The van der Waals surface area contributed by atoms with E-state index in [2.05, 4.69) is 0 Å². The molecule has 17 heavy (non-hydrogen) atoms. The van der Waals surface area contributed by atoms with Gasteiger partial charge < -0.3 is 15.2 Å². The van der Waals surface area contributed by atoms with Gasteiger partial charge in [0.2, 0.25) is 0 Å². The predicted octanol–water partition coefficient (Wildman–Crippen LogP) is 3.09. The summed E-state index contributed by atoms with van der Waals surface area (Å²) in [4.78, 5) is 0. The third kappa shape index (κ3) is 2.22. The number of benzene rings is 1. The first-order chi connectivity index (χ1) is 8.10. The highest BCUT2D eigenvalue weighted by Crippen LogP contribution is 2.43. The summed E-state index contributed by atoms with van der Waals surface area (Å²) >= 11 is 6.29. The Morgan fingerprint density at radius 2 is 1.65 bits per heavy atom. The Balaban J connectivity index is 2.47. The topological polar surface area (TPSA) is 44.5 Å². The lowest BCUT2D eigenvalue weighted by Gasteiger charge is -2.26. The number of hydrogen-bond donors (Lipinski definition) is 1. The molecule has 1 saturated carbocycles. The molecule has 0 aromatic heterocycles. The summed E-state index contributed by atoms with van der Waals surface area (Å²) in [7, 11) is 3.22. The lowest BCUT2D eigenvalue weighted by atomic mass is 9.89. The van der Waals surface area contributed by atoms with Crippen LogP contribution < -0.4 is 15.2 Å². The molecule has 1 aliphatic rings. The van der Waals surface area contributed by atoms with Gasteiger partial charge in [0.1, 0.15) is 0 Å². The minimum atomic E-state index is -0.309. The first-order valence-electron chi connectivity index (χ1n) is 5.81. The van der Waals surface area contributed by atoms with Crippen LogP contribution in [0.15, 0.2) is 12.1 Å². The van der Waals surface area contributed by atoms with E-state index < -0.39 is 0 Å². The third-order valence-corrected chi connectivity index (χ3v) is 3.82. The molecule has 1 fully saturated rings. The third-order valence-electron chi connectivity index (χ3n) is 3.51. The maximum atomic E-state index is 6.42. The summed E-state index contributed by atoms with van der Waals surface area (Å²) in [6, 6.07) is 3.69. The Bertz CT molecular complexity index is 414. The summed E-state index contributed by atoms with van der Waals surface area (Å²) in [6.07, 6.45) is 4.26. The second kappa shape index (κ2) is 4.75. The Morgan fingerprint density at radius 1 is 1.12 bits per heavy atom. The molecule has 0 aliphatic heterocycles. The summed E-state index contributed by atoms with van der Waals surface area (Å²) in [6.45, 7) is 0. The first-order valence-corrected chi connectivity index (χ1v) is 6.19. The number of ether oxygens (including phenoxy) is 2. The van der Waals surface area contributed by atoms with Crippen molar-refractivity contribution in [3.8, 4) is 11.5 Å². The standard InChI is InChI=1S/C13H18ClNO2/c1-16-11-7-9(10(14)8-12(11)17-2)13(15)5-3-4-6-13/h7-8H,3-6,15H2,1-2H3. The number of nitrogens with two attached hydrogens (primary N) is 1. The molecule has 1 aromatic rings. The molecule has 0 bridgehead atoms. The van der Waals surface area contributed by atoms with E-state index >= 15 is 0 Å². The molecular formula is C13H18ClNO2. The molecule has 0 spiro atoms. The lowest BCUT2D eigenvalue weighted by molar-refractivity contribution is 0.352. The zero-order valence-electron chi connectivity index (χ0n) is 10.3. The van der Waals surface area contributed by atoms with E-state index in [-0.39, 0.29) is 5.54 Å². The number of rotatable bonds is 3. The lowest BCUT2D eigenvalue weighted by Crippen LogP contribution is -2.33. The van der Waals surface area contributed by atoms with Crippen molar-refractivity contribution < 1.29 is 9.47 Å². The van der Waals surface area contributed by atoms with Gasteiger partial charge in [-0.3, -0.25) is 0 Å². The van der Waals surface area contributed by atoms with Crippen LogP contribution in [0.1, 0.15) is 31.2 Å². The molecular weight excluding hydrogens is 238 g/mol. The first kappa shape index (κ1) is 12.5. The van der Waals surface area contributed by atoms with Crippen molar-refractivity contribution in [1.29, 1.82) is 0 Å². The quantitative estimate of drug-likeness (QED) is 0.903. The molecule has 0 saturated heterocycles. The normalized spacial score (nSPS) is 18.1. The van der Waals surface area contributed by atoms with Gasteiger partial charge in [-0.05, 0) is 24.5 Å². The molecule has 2 rings (SSSR count). The van der Waals surface area contributed by atoms with Crippen molar-refractivity contribution in [2.75, 3.05) is 14.2 Å². The van der Waals surface area contributed by atoms with Gasteiger partial charge in [0.15, 0.2) is 11.5 Å². The highest BCUT2D eigenvalue weighted by atomic mass is 35.5. The molecule has 94 valence electrons. The van der Waals surface area contributed by atoms with E-state index in [0.717, 1.165) is 31.2 Å². The van der Waals surface area contributed by atoms with Gasteiger partial charge in [0.25, 0.3) is 0 Å². The summed E-state index contributed by atoms with van der Waals surface area (Å²) in [5, 5.41) is 0.659. The van der Waals surface area contributed by atoms with Gasteiger partial charge in [-0.2, -0.15) is 0 Å². The highest BCUT2D eigenvalue weighted by molar-refractivity contribution is 6.31. The van der Waals surface area contributed by atoms with Crippen LogP contribution >= 0.6 is 11.6 Å². The summed E-state index contributed by atoms with van der Waals surface area (Å²) in [5.74, 6) is 1.33. The Hall–Kier alpha value is -0.930. The van der Waals surface area contributed by atoms with E-state index in [9.17, 15) is 0 Å². The van der Waals surface area contributed by atoms with Crippen LogP contribution in [0.3, 0.4) is 0 Å². The van der Waals surface area contributed by atoms with Gasteiger partial charge in [0.05, 0.1) is 14.2 Å². The Kier molecular flexibility index (Phi) is 3.50. The van der Waals surface area contributed by atoms with Crippen LogP contribution in [-0.2, 0) is 5.54 Å². The van der Waals surface area contributed by atoms with Crippen molar-refractivity contribution in [3.63, 3.8) is 0 Å². The zero-order valence-corrected chi connectivity index (χ0v) is 11.0. The average molecular weight is 256 g/mol. The van der Waals surface area contributed by atoms with Crippen LogP contribution in [0, 0.1) is 0 Å². The van der Waals surface area contributed by atoms with E-state index in [0.29, 0.717) is 16.5 Å². The SMILES string of the molecule is COc1cc(Cl)c(C2(N)CCCC2)cc1OC. The minimum absolute atomic E-state index is 0.309. The summed E-state index contributed by atoms with van der Waals surface area (Å²) in [5.41, 5.74) is 7.07. The van der Waals surface area contributed by atoms with Crippen molar-refractivity contribution >= 4 is 11.6 Å². The van der Waals surface area contributed by atoms with E-state index in [1.807, 2.05) is 6.07 Å². The molecule has 0 atom stereocenters. The number of halogens is 1. The zero-order chi connectivity index (χ0) is 12.5. The van der Waals surface area contributed by atoms with E-state index in [4.69, 9.17) is 26.8 Å². The van der Waals surface area contributed by atoms with E-state index in [1.165, 1.54) is 0 Å². The van der Waals surface area contributed by atoms with Crippen molar-refractivity contribution in [1.82, 2.24) is 0 Å². The second-order valence-electron chi connectivity index (χ2n) is 4.55. The number of methoxy groups -OCH3 is 2. The number of hydrogen-bond acceptors (Lipinski definition) is 3. The molecule has 3 nitrogen and oxygen atoms in total. The molecule has 1 aromatic carbocycles. The molecule has 4 heteroatoms. The van der Waals surface area contributed by atoms with Gasteiger partial charge in [-0.15, -0.1) is 0 Å². The Labute approximate surface area is 107 Å². The van der Waals surface area contributed by atoms with Crippen molar-refractivity contribution in [2.45, 2.75) is 31.2 Å². The van der Waals surface area contributed by atoms with Crippen LogP contribution in [0.4, 0.5) is 0 Å². The van der Waals surface area contributed by atoms with Crippen LogP contribution in [0.5, 0.6) is 11.5 Å². The second-order valence-corrected chi connectivity index (χ2v) is 4.96. The van der Waals surface area contributed by atoms with Gasteiger partial charge in [-0.25, -0.2) is 0 Å². The van der Waals surface area contributed by atoms with Crippen LogP contribution in [0.25, 0.3) is 0 Å². The smallest absolute Gasteiger partial charge is 0.162 e. The monoisotopic (exact) mass is 255 g/mol. The molecule has 0 unspecified atom stereocenters. The largest absolute Gasteiger partial charge is 0.493 e. The molecule has 0 amide bonds. The average Bonchev–Trinajstić information content (AvgIpc) is 2.76. The molecule has 0 heterocycles. The van der Waals surface area contributed by atoms with Gasteiger partial charge in [0, 0.05) is 16.6 Å².